The van der Waals surface area contributed by atoms with E-state index < -0.39 is 5.97 Å². The van der Waals surface area contributed by atoms with E-state index in [0.717, 1.165) is 11.8 Å². The van der Waals surface area contributed by atoms with Crippen LogP contribution < -0.4 is 5.11 Å². The maximum atomic E-state index is 12.4. The van der Waals surface area contributed by atoms with Gasteiger partial charge in [0.25, 0.3) is 11.1 Å². The number of aromatic carboxylic acids is 1. The van der Waals surface area contributed by atoms with Gasteiger partial charge in [0.15, 0.2) is 0 Å². The molecule has 0 saturated carbocycles. The fourth-order valence-corrected chi connectivity index (χ4v) is 3.60. The minimum atomic E-state index is -1.38. The summed E-state index contributed by atoms with van der Waals surface area (Å²) in [6.07, 6.45) is 1.50. The average Bonchev–Trinajstić information content (AvgIpc) is 3.15. The first kappa shape index (κ1) is 19.3. The number of carbonyl (C=O) groups excluding carboxylic acids is 3. The van der Waals surface area contributed by atoms with Crippen LogP contribution in [0.4, 0.5) is 4.79 Å². The van der Waals surface area contributed by atoms with Crippen LogP contribution in [-0.4, -0.2) is 28.6 Å². The molecule has 2 aromatic rings. The Hall–Kier alpha value is -2.51. The average molecular weight is 405 g/mol. The van der Waals surface area contributed by atoms with E-state index >= 15 is 0 Å². The molecule has 0 bridgehead atoms. The molecular weight excluding hydrogens is 390 g/mol. The lowest BCUT2D eigenvalue weighted by molar-refractivity contribution is -0.255. The summed E-state index contributed by atoms with van der Waals surface area (Å²) in [7, 11) is 0. The Labute approximate surface area is 164 Å². The van der Waals surface area contributed by atoms with Crippen molar-refractivity contribution in [3.63, 3.8) is 0 Å². The van der Waals surface area contributed by atoms with Gasteiger partial charge in [-0.25, -0.2) is 0 Å². The number of rotatable bonds is 5. The molecule has 1 aliphatic rings. The van der Waals surface area contributed by atoms with Crippen LogP contribution in [0.1, 0.15) is 30.0 Å². The molecule has 0 radical (unpaired) electrons. The molecule has 1 aliphatic heterocycles. The number of amides is 2. The van der Waals surface area contributed by atoms with Gasteiger partial charge in [-0.2, -0.15) is 0 Å². The Morgan fingerprint density at radius 2 is 2.04 bits per heavy atom. The number of hydrogen-bond acceptors (Lipinski definition) is 6. The summed E-state index contributed by atoms with van der Waals surface area (Å²) in [4.78, 5) is 37.0. The summed E-state index contributed by atoms with van der Waals surface area (Å²) >= 11 is 6.71. The summed E-state index contributed by atoms with van der Waals surface area (Å²) in [5, 5.41) is 10.9. The molecule has 6 nitrogen and oxygen atoms in total. The third-order valence-corrected chi connectivity index (χ3v) is 5.03. The zero-order valence-electron chi connectivity index (χ0n) is 14.5. The Morgan fingerprint density at radius 3 is 2.70 bits per heavy atom. The highest BCUT2D eigenvalue weighted by atomic mass is 35.5. The molecule has 0 aliphatic carbocycles. The van der Waals surface area contributed by atoms with E-state index in [1.807, 2.05) is 13.8 Å². The van der Waals surface area contributed by atoms with Crippen molar-refractivity contribution in [1.29, 1.82) is 0 Å². The smallest absolute Gasteiger partial charge is 0.293 e. The lowest BCUT2D eigenvalue weighted by Crippen LogP contribution is -2.31. The lowest BCUT2D eigenvalue weighted by Gasteiger charge is -2.14. The third kappa shape index (κ3) is 4.09. The minimum absolute atomic E-state index is 0.0735. The molecule has 0 unspecified atom stereocenters. The number of carboxylic acids is 1. The number of hydrogen-bond donors (Lipinski definition) is 0. The van der Waals surface area contributed by atoms with E-state index in [0.29, 0.717) is 23.6 Å². The van der Waals surface area contributed by atoms with Crippen molar-refractivity contribution in [2.24, 2.45) is 5.92 Å². The summed E-state index contributed by atoms with van der Waals surface area (Å²) in [5.74, 6) is -0.766. The number of carbonyl (C=O) groups is 3. The number of thioether (sulfide) groups is 1. The molecule has 1 fully saturated rings. The quantitative estimate of drug-likeness (QED) is 0.706. The molecule has 0 atom stereocenters. The van der Waals surface area contributed by atoms with Crippen LogP contribution in [0, 0.1) is 5.92 Å². The fourth-order valence-electron chi connectivity index (χ4n) is 2.57. The van der Waals surface area contributed by atoms with Gasteiger partial charge in [-0.15, -0.1) is 0 Å². The standard InChI is InChI=1S/C19H16ClNO5S/c1-10(2)9-21-17(22)16(27-19(21)25)8-12-4-6-15(26-12)11-3-5-14(20)13(7-11)18(23)24/h3-8,10H,9H2,1-2H3,(H,23,24)/p-1/b16-8+. The zero-order valence-corrected chi connectivity index (χ0v) is 16.1. The van der Waals surface area contributed by atoms with Gasteiger partial charge in [-0.05, 0) is 48.0 Å². The van der Waals surface area contributed by atoms with Gasteiger partial charge in [0, 0.05) is 28.8 Å². The minimum Gasteiger partial charge on any atom is -0.545 e. The third-order valence-electron chi connectivity index (χ3n) is 3.79. The number of nitrogens with zero attached hydrogens (tertiary/aromatic N) is 1. The van der Waals surface area contributed by atoms with Crippen molar-refractivity contribution in [2.45, 2.75) is 13.8 Å². The lowest BCUT2D eigenvalue weighted by atomic mass is 10.1. The van der Waals surface area contributed by atoms with E-state index in [2.05, 4.69) is 0 Å². The molecule has 2 amide bonds. The topological polar surface area (TPSA) is 90.7 Å². The number of carboxylic acid groups (broad SMARTS) is 1. The van der Waals surface area contributed by atoms with E-state index in [9.17, 15) is 19.5 Å². The molecule has 140 valence electrons. The molecule has 8 heteroatoms. The predicted octanol–water partition coefficient (Wildman–Crippen LogP) is 3.66. The monoisotopic (exact) mass is 404 g/mol. The van der Waals surface area contributed by atoms with E-state index in [1.54, 1.807) is 18.2 Å². The molecule has 3 rings (SSSR count). The molecule has 0 N–H and O–H groups in total. The molecule has 1 aromatic carbocycles. The fraction of sp³-hybridized carbons (Fsp3) is 0.211. The van der Waals surface area contributed by atoms with E-state index in [-0.39, 0.29) is 32.6 Å². The number of furan rings is 1. The van der Waals surface area contributed by atoms with Gasteiger partial charge in [-0.1, -0.05) is 25.4 Å². The molecule has 27 heavy (non-hydrogen) atoms. The Morgan fingerprint density at radius 1 is 1.30 bits per heavy atom. The van der Waals surface area contributed by atoms with Crippen LogP contribution in [0.25, 0.3) is 17.4 Å². The molecule has 2 heterocycles. The number of imide groups is 1. The summed E-state index contributed by atoms with van der Waals surface area (Å²) in [6, 6.07) is 7.71. The van der Waals surface area contributed by atoms with Crippen molar-refractivity contribution in [1.82, 2.24) is 4.90 Å². The van der Waals surface area contributed by atoms with Gasteiger partial charge >= 0.3 is 0 Å². The number of benzene rings is 1. The first-order valence-electron chi connectivity index (χ1n) is 8.12. The highest BCUT2D eigenvalue weighted by molar-refractivity contribution is 8.18. The highest BCUT2D eigenvalue weighted by Gasteiger charge is 2.35. The second kappa shape index (κ2) is 7.62. The summed E-state index contributed by atoms with van der Waals surface area (Å²) in [5.41, 5.74) is 0.369. The van der Waals surface area contributed by atoms with E-state index in [1.165, 1.54) is 23.1 Å². The highest BCUT2D eigenvalue weighted by Crippen LogP contribution is 2.34. The van der Waals surface area contributed by atoms with Crippen molar-refractivity contribution < 1.29 is 23.9 Å². The van der Waals surface area contributed by atoms with Gasteiger partial charge in [0.05, 0.1) is 10.9 Å². The van der Waals surface area contributed by atoms with Crippen LogP contribution in [0.15, 0.2) is 39.7 Å². The van der Waals surface area contributed by atoms with Gasteiger partial charge in [-0.3, -0.25) is 14.5 Å². The number of halogens is 1. The second-order valence-corrected chi connectivity index (χ2v) is 7.77. The van der Waals surface area contributed by atoms with Crippen LogP contribution in [0.2, 0.25) is 5.02 Å². The van der Waals surface area contributed by atoms with Gasteiger partial charge < -0.3 is 14.3 Å². The maximum absolute atomic E-state index is 12.4. The molecule has 1 aromatic heterocycles. The Kier molecular flexibility index (Phi) is 5.43. The normalized spacial score (nSPS) is 16.0. The zero-order chi connectivity index (χ0) is 19.7. The van der Waals surface area contributed by atoms with Crippen LogP contribution in [-0.2, 0) is 4.79 Å². The first-order chi connectivity index (χ1) is 12.8. The molecule has 0 spiro atoms. The van der Waals surface area contributed by atoms with E-state index in [4.69, 9.17) is 16.0 Å². The Balaban J connectivity index is 1.86. The largest absolute Gasteiger partial charge is 0.545 e. The molecular formula is C19H15ClNO5S-. The van der Waals surface area contributed by atoms with Crippen molar-refractivity contribution in [3.8, 4) is 11.3 Å². The second-order valence-electron chi connectivity index (χ2n) is 6.37. The SMILES string of the molecule is CC(C)CN1C(=O)S/C(=C/c2ccc(-c3ccc(Cl)c(C(=O)[O-])c3)o2)C1=O. The van der Waals surface area contributed by atoms with Crippen LogP contribution in [0.3, 0.4) is 0 Å². The summed E-state index contributed by atoms with van der Waals surface area (Å²) < 4.78 is 5.68. The van der Waals surface area contributed by atoms with Gasteiger partial charge in [0.2, 0.25) is 0 Å². The maximum Gasteiger partial charge on any atom is 0.293 e. The predicted molar refractivity (Wildman–Crippen MR) is 101 cm³/mol. The van der Waals surface area contributed by atoms with Crippen LogP contribution >= 0.6 is 23.4 Å². The Bertz CT molecular complexity index is 963. The molecule has 1 saturated heterocycles. The van der Waals surface area contributed by atoms with Crippen LogP contribution in [0.5, 0.6) is 0 Å². The first-order valence-corrected chi connectivity index (χ1v) is 9.32. The van der Waals surface area contributed by atoms with Crippen molar-refractivity contribution in [2.75, 3.05) is 6.54 Å². The van der Waals surface area contributed by atoms with Crippen molar-refractivity contribution >= 4 is 46.6 Å². The van der Waals surface area contributed by atoms with Crippen molar-refractivity contribution in [3.05, 3.63) is 51.6 Å². The van der Waals surface area contributed by atoms with Gasteiger partial charge in [0.1, 0.15) is 11.5 Å². The summed E-state index contributed by atoms with van der Waals surface area (Å²) in [6.45, 7) is 4.22.